The number of carbonyl (C=O) groups excluding carboxylic acids is 1. The predicted octanol–water partition coefficient (Wildman–Crippen LogP) is 5.13. The van der Waals surface area contributed by atoms with Crippen molar-refractivity contribution >= 4 is 40.2 Å². The second-order valence-corrected chi connectivity index (χ2v) is 11.7. The van der Waals surface area contributed by atoms with Gasteiger partial charge in [0.15, 0.2) is 5.65 Å². The summed E-state index contributed by atoms with van der Waals surface area (Å²) in [7, 11) is 5.16. The number of amides is 1. The Morgan fingerprint density at radius 3 is 2.75 bits per heavy atom. The molecule has 2 aromatic carbocycles. The lowest BCUT2D eigenvalue weighted by Crippen LogP contribution is -2.52. The number of nitrogens with one attached hydrogen (secondary N) is 1. The van der Waals surface area contributed by atoms with Gasteiger partial charge in [-0.25, -0.2) is 19.3 Å². The number of nitrogen functional groups attached to an aromatic ring is 1. The lowest BCUT2D eigenvalue weighted by molar-refractivity contribution is -0.0323. The van der Waals surface area contributed by atoms with Crippen LogP contribution in [0.2, 0.25) is 5.15 Å². The van der Waals surface area contributed by atoms with Gasteiger partial charge in [-0.3, -0.25) is 0 Å². The van der Waals surface area contributed by atoms with Crippen molar-refractivity contribution in [3.63, 3.8) is 0 Å². The number of ether oxygens (including phenoxy) is 4. The van der Waals surface area contributed by atoms with Crippen LogP contribution >= 0.6 is 11.6 Å². The molecule has 2 aliphatic rings. The molecule has 4 aromatic rings. The Bertz CT molecular complexity index is 1660. The molecule has 11 nitrogen and oxygen atoms in total. The first kappa shape index (κ1) is 30.0. The maximum absolute atomic E-state index is 13.4. The fourth-order valence-electron chi connectivity index (χ4n) is 5.83. The summed E-state index contributed by atoms with van der Waals surface area (Å²) < 4.78 is 24.1. The minimum absolute atomic E-state index is 0.105. The minimum atomic E-state index is -0.335. The summed E-state index contributed by atoms with van der Waals surface area (Å²) in [6, 6.07) is 13.1. The van der Waals surface area contributed by atoms with Crippen LogP contribution in [0.25, 0.3) is 11.2 Å². The Morgan fingerprint density at radius 2 is 2.02 bits per heavy atom. The number of nitrogens with two attached hydrogens (primary N) is 1. The maximum Gasteiger partial charge on any atom is 0.328 e. The zero-order valence-electron chi connectivity index (χ0n) is 25.1. The second-order valence-electron chi connectivity index (χ2n) is 11.3. The molecule has 2 aromatic heterocycles. The van der Waals surface area contributed by atoms with Crippen LogP contribution in [-0.2, 0) is 22.6 Å². The van der Waals surface area contributed by atoms with Crippen LogP contribution in [0.3, 0.4) is 0 Å². The van der Waals surface area contributed by atoms with Crippen molar-refractivity contribution in [2.24, 2.45) is 0 Å². The van der Waals surface area contributed by atoms with Crippen LogP contribution in [0.15, 0.2) is 48.8 Å². The molecule has 0 bridgehead atoms. The number of imidazole rings is 1. The number of pyridine rings is 1. The van der Waals surface area contributed by atoms with E-state index in [2.05, 4.69) is 21.4 Å². The van der Waals surface area contributed by atoms with Crippen molar-refractivity contribution in [2.45, 2.75) is 50.5 Å². The smallest absolute Gasteiger partial charge is 0.328 e. The second kappa shape index (κ2) is 12.9. The third-order valence-electron chi connectivity index (χ3n) is 8.41. The van der Waals surface area contributed by atoms with Crippen LogP contribution in [0.5, 0.6) is 11.5 Å². The molecule has 1 aliphatic carbocycles. The molecule has 1 amide bonds. The van der Waals surface area contributed by atoms with E-state index in [0.717, 1.165) is 55.0 Å². The molecule has 3 N–H and O–H groups in total. The summed E-state index contributed by atoms with van der Waals surface area (Å²) in [4.78, 5) is 24.4. The minimum Gasteiger partial charge on any atom is -0.497 e. The zero-order valence-corrected chi connectivity index (χ0v) is 25.8. The van der Waals surface area contributed by atoms with E-state index < -0.39 is 0 Å². The first-order chi connectivity index (χ1) is 21.3. The van der Waals surface area contributed by atoms with Gasteiger partial charge in [0, 0.05) is 49.5 Å². The fraction of sp³-hybridized carbons (Fsp3) is 0.406. The Kier molecular flexibility index (Phi) is 8.79. The van der Waals surface area contributed by atoms with E-state index in [0.29, 0.717) is 41.7 Å². The summed E-state index contributed by atoms with van der Waals surface area (Å²) in [5.41, 5.74) is 11.7. The molecule has 232 valence electrons. The van der Waals surface area contributed by atoms with Gasteiger partial charge in [0.2, 0.25) is 0 Å². The van der Waals surface area contributed by atoms with Gasteiger partial charge in [-0.05, 0) is 54.7 Å². The molecule has 12 heteroatoms. The number of hydrogen-bond donors (Lipinski definition) is 2. The Balaban J connectivity index is 1.13. The normalized spacial score (nSPS) is 19.5. The van der Waals surface area contributed by atoms with E-state index >= 15 is 0 Å². The van der Waals surface area contributed by atoms with Crippen LogP contribution < -0.4 is 25.4 Å². The molecule has 6 rings (SSSR count). The van der Waals surface area contributed by atoms with Crippen molar-refractivity contribution < 1.29 is 23.7 Å². The highest BCUT2D eigenvalue weighted by molar-refractivity contribution is 6.30. The number of fused-ring (bicyclic) bond motifs is 1. The van der Waals surface area contributed by atoms with Gasteiger partial charge in [0.1, 0.15) is 28.5 Å². The van der Waals surface area contributed by atoms with E-state index in [4.69, 9.17) is 36.3 Å². The molecule has 1 unspecified atom stereocenters. The quantitative estimate of drug-likeness (QED) is 0.183. The number of aromatic nitrogens is 3. The monoisotopic (exact) mass is 620 g/mol. The molecule has 2 fully saturated rings. The molecular weight excluding hydrogens is 584 g/mol. The summed E-state index contributed by atoms with van der Waals surface area (Å²) >= 11 is 6.45. The molecular formula is C32H37ClN6O5. The van der Waals surface area contributed by atoms with Crippen molar-refractivity contribution in [3.05, 3.63) is 70.6 Å². The standard InChI is InChI=1S/C32H37ClN6O5/c1-38(15-20-4-5-24(41-2)13-28(20)42-3)26-14-29(33)37-31-30(26)35-18-39(31)32(40)36-25-6-7-27(25)44-16-19-10-22(12-23(34)11-19)21-8-9-43-17-21/h4-5,10-14,18,21,25,27H,6-9,15-17,34H2,1-3H3,(H,36,40)/t21?,25-,27-/m1/s1. The summed E-state index contributed by atoms with van der Waals surface area (Å²) in [5.74, 6) is 1.78. The first-order valence-electron chi connectivity index (χ1n) is 14.7. The molecule has 44 heavy (non-hydrogen) atoms. The van der Waals surface area contributed by atoms with Gasteiger partial charge in [-0.15, -0.1) is 0 Å². The fourth-order valence-corrected chi connectivity index (χ4v) is 6.02. The first-order valence-corrected chi connectivity index (χ1v) is 15.1. The molecule has 1 aliphatic heterocycles. The summed E-state index contributed by atoms with van der Waals surface area (Å²) in [5, 5.41) is 3.35. The highest BCUT2D eigenvalue weighted by Gasteiger charge is 2.34. The molecule has 3 heterocycles. The van der Waals surface area contributed by atoms with Gasteiger partial charge in [-0.1, -0.05) is 17.7 Å². The van der Waals surface area contributed by atoms with Crippen LogP contribution in [0, 0.1) is 0 Å². The van der Waals surface area contributed by atoms with Crippen molar-refractivity contribution in [1.82, 2.24) is 19.9 Å². The van der Waals surface area contributed by atoms with Gasteiger partial charge in [0.05, 0.1) is 45.3 Å². The number of benzene rings is 2. The number of anilines is 2. The summed E-state index contributed by atoms with van der Waals surface area (Å²) in [6.07, 6.45) is 4.04. The Morgan fingerprint density at radius 1 is 1.16 bits per heavy atom. The van der Waals surface area contributed by atoms with Crippen LogP contribution in [-0.4, -0.2) is 67.2 Å². The lowest BCUT2D eigenvalue weighted by Gasteiger charge is -2.36. The topological polar surface area (TPSA) is 126 Å². The summed E-state index contributed by atoms with van der Waals surface area (Å²) in [6.45, 7) is 2.42. The van der Waals surface area contributed by atoms with Gasteiger partial charge in [0.25, 0.3) is 0 Å². The average Bonchev–Trinajstić information content (AvgIpc) is 3.70. The third kappa shape index (κ3) is 6.26. The number of hydrogen-bond acceptors (Lipinski definition) is 9. The lowest BCUT2D eigenvalue weighted by atomic mass is 9.89. The van der Waals surface area contributed by atoms with Crippen molar-refractivity contribution in [3.8, 4) is 11.5 Å². The van der Waals surface area contributed by atoms with E-state index in [1.54, 1.807) is 20.3 Å². The average molecular weight is 621 g/mol. The number of methoxy groups -OCH3 is 2. The highest BCUT2D eigenvalue weighted by atomic mass is 35.5. The number of carbonyl (C=O) groups is 1. The van der Waals surface area contributed by atoms with Gasteiger partial charge >= 0.3 is 6.03 Å². The van der Waals surface area contributed by atoms with Crippen molar-refractivity contribution in [2.75, 3.05) is 45.1 Å². The molecule has 0 radical (unpaired) electrons. The SMILES string of the molecule is COc1ccc(CN(C)c2cc(Cl)nc3c2ncn3C(=O)N[C@@H]2CC[C@H]2OCc2cc(N)cc(C3CCOC3)c2)c(OC)c1. The van der Waals surface area contributed by atoms with E-state index in [1.807, 2.05) is 42.3 Å². The molecule has 0 spiro atoms. The van der Waals surface area contributed by atoms with Crippen molar-refractivity contribution in [1.29, 1.82) is 0 Å². The molecule has 1 saturated heterocycles. The molecule has 1 saturated carbocycles. The molecule has 3 atom stereocenters. The maximum atomic E-state index is 13.4. The van der Waals surface area contributed by atoms with E-state index in [9.17, 15) is 4.79 Å². The van der Waals surface area contributed by atoms with E-state index in [1.165, 1.54) is 16.5 Å². The zero-order chi connectivity index (χ0) is 30.8. The Labute approximate surface area is 261 Å². The third-order valence-corrected chi connectivity index (χ3v) is 8.60. The number of rotatable bonds is 10. The van der Waals surface area contributed by atoms with E-state index in [-0.39, 0.29) is 23.3 Å². The largest absolute Gasteiger partial charge is 0.497 e. The number of halogens is 1. The van der Waals surface area contributed by atoms with Gasteiger partial charge < -0.3 is 34.9 Å². The van der Waals surface area contributed by atoms with Gasteiger partial charge in [-0.2, -0.15) is 0 Å². The highest BCUT2D eigenvalue weighted by Crippen LogP contribution is 2.32. The predicted molar refractivity (Wildman–Crippen MR) is 169 cm³/mol. The number of nitrogens with zero attached hydrogens (tertiary/aromatic N) is 4. The van der Waals surface area contributed by atoms with Crippen LogP contribution in [0.4, 0.5) is 16.2 Å². The van der Waals surface area contributed by atoms with Crippen LogP contribution in [0.1, 0.15) is 41.9 Å². The Hall–Kier alpha value is -4.06.